The van der Waals surface area contributed by atoms with Gasteiger partial charge in [-0.25, -0.2) is 4.79 Å². The molecule has 4 nitrogen and oxygen atoms in total. The van der Waals surface area contributed by atoms with Crippen molar-refractivity contribution < 1.29 is 14.7 Å². The molecule has 0 fully saturated rings. The number of carbonyl (C=O) groups is 1. The van der Waals surface area contributed by atoms with Gasteiger partial charge in [0.25, 0.3) is 0 Å². The Balaban J connectivity index is 3.11. The minimum absolute atomic E-state index is 0.0584. The van der Waals surface area contributed by atoms with Crippen LogP contribution in [0.25, 0.3) is 0 Å². The molecular formula is C8H8BrNO3S. The zero-order chi connectivity index (χ0) is 10.6. The molecule has 1 rings (SSSR count). The minimum Gasteiger partial charge on any atom is -0.476 e. The number of thiophene rings is 1. The molecule has 1 aromatic rings. The Bertz CT molecular complexity index is 361. The number of alkyl halides is 1. The van der Waals surface area contributed by atoms with E-state index in [4.69, 9.17) is 5.11 Å². The van der Waals surface area contributed by atoms with Crippen molar-refractivity contribution in [3.05, 3.63) is 21.9 Å². The molecule has 0 spiro atoms. The van der Waals surface area contributed by atoms with E-state index >= 15 is 0 Å². The summed E-state index contributed by atoms with van der Waals surface area (Å²) in [6.07, 6.45) is 0. The molecule has 0 unspecified atom stereocenters. The molecule has 0 bridgehead atoms. The topological polar surface area (TPSA) is 58.9 Å². The standard InChI is InChI=1S/C8H8BrNO3S/c1-13-10-6(8(11)12)7-5(4-9)2-3-14-7/h2-3H,4H2,1H3,(H,11,12)/b10-6-. The van der Waals surface area contributed by atoms with Crippen molar-refractivity contribution in [3.63, 3.8) is 0 Å². The zero-order valence-corrected chi connectivity index (χ0v) is 9.76. The lowest BCUT2D eigenvalue weighted by atomic mass is 10.2. The molecule has 0 aromatic carbocycles. The third-order valence-corrected chi connectivity index (χ3v) is 3.06. The van der Waals surface area contributed by atoms with Gasteiger partial charge in [-0.15, -0.1) is 11.3 Å². The number of halogens is 1. The van der Waals surface area contributed by atoms with E-state index in [1.165, 1.54) is 18.4 Å². The molecule has 0 amide bonds. The zero-order valence-electron chi connectivity index (χ0n) is 7.36. The average Bonchev–Trinajstić information content (AvgIpc) is 2.61. The molecule has 0 aliphatic heterocycles. The Kier molecular flexibility index (Phi) is 4.09. The number of hydrogen-bond acceptors (Lipinski definition) is 4. The summed E-state index contributed by atoms with van der Waals surface area (Å²) in [5.74, 6) is -1.09. The molecule has 0 saturated heterocycles. The molecule has 0 aliphatic carbocycles. The van der Waals surface area contributed by atoms with Crippen LogP contribution in [0, 0.1) is 0 Å². The number of oxime groups is 1. The SMILES string of the molecule is CO/N=C(\C(=O)O)c1sccc1CBr. The van der Waals surface area contributed by atoms with Gasteiger partial charge in [-0.1, -0.05) is 21.1 Å². The molecule has 0 saturated carbocycles. The molecule has 1 aromatic heterocycles. The van der Waals surface area contributed by atoms with Gasteiger partial charge in [0.15, 0.2) is 0 Å². The van der Waals surface area contributed by atoms with Gasteiger partial charge in [0.05, 0.1) is 4.88 Å². The molecule has 14 heavy (non-hydrogen) atoms. The fraction of sp³-hybridized carbons (Fsp3) is 0.250. The van der Waals surface area contributed by atoms with Crippen LogP contribution in [-0.2, 0) is 15.0 Å². The summed E-state index contributed by atoms with van der Waals surface area (Å²) < 4.78 is 0. The van der Waals surface area contributed by atoms with Crippen LogP contribution in [0.3, 0.4) is 0 Å². The highest BCUT2D eigenvalue weighted by Crippen LogP contribution is 2.20. The smallest absolute Gasteiger partial charge is 0.359 e. The highest BCUT2D eigenvalue weighted by Gasteiger charge is 2.18. The Hall–Kier alpha value is -0.880. The fourth-order valence-corrected chi connectivity index (χ4v) is 2.47. The van der Waals surface area contributed by atoms with Crippen molar-refractivity contribution in [3.8, 4) is 0 Å². The van der Waals surface area contributed by atoms with Crippen LogP contribution < -0.4 is 0 Å². The predicted octanol–water partition coefficient (Wildman–Crippen LogP) is 2.08. The van der Waals surface area contributed by atoms with Gasteiger partial charge in [-0.2, -0.15) is 0 Å². The first-order valence-electron chi connectivity index (χ1n) is 3.67. The highest BCUT2D eigenvalue weighted by molar-refractivity contribution is 9.08. The van der Waals surface area contributed by atoms with E-state index in [1.807, 2.05) is 11.4 Å². The van der Waals surface area contributed by atoms with Crippen LogP contribution in [0.1, 0.15) is 10.4 Å². The second-order valence-corrected chi connectivity index (χ2v) is 3.81. The first-order chi connectivity index (χ1) is 6.70. The lowest BCUT2D eigenvalue weighted by Gasteiger charge is -1.99. The quantitative estimate of drug-likeness (QED) is 0.521. The number of carboxylic acids is 1. The molecule has 76 valence electrons. The number of carboxylic acid groups (broad SMARTS) is 1. The lowest BCUT2D eigenvalue weighted by molar-refractivity contribution is -0.129. The Morgan fingerprint density at radius 1 is 1.79 bits per heavy atom. The maximum atomic E-state index is 10.8. The number of aliphatic carboxylic acids is 1. The van der Waals surface area contributed by atoms with Gasteiger partial charge in [-0.3, -0.25) is 0 Å². The molecule has 0 aliphatic rings. The largest absolute Gasteiger partial charge is 0.476 e. The summed E-state index contributed by atoms with van der Waals surface area (Å²) in [6.45, 7) is 0. The lowest BCUT2D eigenvalue weighted by Crippen LogP contribution is -2.14. The van der Waals surface area contributed by atoms with E-state index in [2.05, 4.69) is 25.9 Å². The van der Waals surface area contributed by atoms with Gasteiger partial charge in [0.2, 0.25) is 5.71 Å². The van der Waals surface area contributed by atoms with Gasteiger partial charge >= 0.3 is 5.97 Å². The van der Waals surface area contributed by atoms with Crippen LogP contribution in [0.4, 0.5) is 0 Å². The summed E-state index contributed by atoms with van der Waals surface area (Å²) >= 11 is 4.60. The number of hydrogen-bond donors (Lipinski definition) is 1. The Morgan fingerprint density at radius 3 is 3.00 bits per heavy atom. The van der Waals surface area contributed by atoms with Crippen molar-refractivity contribution in [2.45, 2.75) is 5.33 Å². The molecule has 1 heterocycles. The van der Waals surface area contributed by atoms with E-state index in [-0.39, 0.29) is 5.71 Å². The van der Waals surface area contributed by atoms with Gasteiger partial charge < -0.3 is 9.94 Å². The third-order valence-electron chi connectivity index (χ3n) is 1.49. The fourth-order valence-electron chi connectivity index (χ4n) is 0.918. The van der Waals surface area contributed by atoms with Crippen molar-refractivity contribution in [1.82, 2.24) is 0 Å². The molecule has 0 radical (unpaired) electrons. The highest BCUT2D eigenvalue weighted by atomic mass is 79.9. The predicted molar refractivity (Wildman–Crippen MR) is 58.1 cm³/mol. The Morgan fingerprint density at radius 2 is 2.50 bits per heavy atom. The molecule has 0 atom stereocenters. The second-order valence-electron chi connectivity index (χ2n) is 2.34. The first-order valence-corrected chi connectivity index (χ1v) is 5.68. The van der Waals surface area contributed by atoms with Crippen molar-refractivity contribution in [2.75, 3.05) is 7.11 Å². The molecular weight excluding hydrogens is 270 g/mol. The van der Waals surface area contributed by atoms with Crippen LogP contribution in [0.5, 0.6) is 0 Å². The second kappa shape index (κ2) is 5.11. The summed E-state index contributed by atoms with van der Waals surface area (Å²) in [4.78, 5) is 15.9. The summed E-state index contributed by atoms with van der Waals surface area (Å²) in [6, 6.07) is 1.85. The van der Waals surface area contributed by atoms with E-state index in [1.54, 1.807) is 0 Å². The van der Waals surface area contributed by atoms with Crippen molar-refractivity contribution in [1.29, 1.82) is 0 Å². The summed E-state index contributed by atoms with van der Waals surface area (Å²) in [7, 11) is 1.32. The molecule has 6 heteroatoms. The normalized spacial score (nSPS) is 11.4. The monoisotopic (exact) mass is 277 g/mol. The van der Waals surface area contributed by atoms with Crippen LogP contribution in [0.2, 0.25) is 0 Å². The Labute approximate surface area is 93.3 Å². The average molecular weight is 278 g/mol. The summed E-state index contributed by atoms with van der Waals surface area (Å²) in [5.41, 5.74) is 0.838. The number of nitrogens with zero attached hydrogens (tertiary/aromatic N) is 1. The third kappa shape index (κ3) is 2.33. The molecule has 1 N–H and O–H groups in total. The number of rotatable bonds is 4. The van der Waals surface area contributed by atoms with Gasteiger partial charge in [-0.05, 0) is 17.0 Å². The summed E-state index contributed by atoms with van der Waals surface area (Å²) in [5, 5.41) is 14.8. The minimum atomic E-state index is -1.09. The van der Waals surface area contributed by atoms with Gasteiger partial charge in [0.1, 0.15) is 7.11 Å². The van der Waals surface area contributed by atoms with E-state index < -0.39 is 5.97 Å². The van der Waals surface area contributed by atoms with E-state index in [9.17, 15) is 4.79 Å². The van der Waals surface area contributed by atoms with Crippen LogP contribution >= 0.6 is 27.3 Å². The van der Waals surface area contributed by atoms with Crippen molar-refractivity contribution in [2.24, 2.45) is 5.16 Å². The van der Waals surface area contributed by atoms with Crippen molar-refractivity contribution >= 4 is 38.9 Å². The van der Waals surface area contributed by atoms with E-state index in [0.29, 0.717) is 10.2 Å². The first kappa shape index (κ1) is 11.2. The van der Waals surface area contributed by atoms with Crippen LogP contribution in [-0.4, -0.2) is 23.9 Å². The van der Waals surface area contributed by atoms with E-state index in [0.717, 1.165) is 5.56 Å². The maximum absolute atomic E-state index is 10.8. The van der Waals surface area contributed by atoms with Crippen LogP contribution in [0.15, 0.2) is 16.6 Å². The maximum Gasteiger partial charge on any atom is 0.359 e. The van der Waals surface area contributed by atoms with Gasteiger partial charge in [0, 0.05) is 5.33 Å².